The van der Waals surface area contributed by atoms with Crippen molar-refractivity contribution in [1.29, 1.82) is 0 Å². The molecule has 0 amide bonds. The van der Waals surface area contributed by atoms with E-state index in [1.807, 2.05) is 0 Å². The van der Waals surface area contributed by atoms with E-state index in [0.29, 0.717) is 0 Å². The third-order valence-corrected chi connectivity index (χ3v) is 3.93. The van der Waals surface area contributed by atoms with Crippen molar-refractivity contribution in [2.24, 2.45) is 0 Å². The molecular weight excluding hydrogens is 366 g/mol. The Morgan fingerprint density at radius 1 is 0.600 bits per heavy atom. The largest absolute Gasteiger partial charge is 3.00 e. The van der Waals surface area contributed by atoms with Crippen molar-refractivity contribution in [2.45, 2.75) is 27.7 Å². The van der Waals surface area contributed by atoms with Crippen LogP contribution in [0.2, 0.25) is 0 Å². The summed E-state index contributed by atoms with van der Waals surface area (Å²) in [6, 6.07) is 11.6. The Labute approximate surface area is 152 Å². The van der Waals surface area contributed by atoms with Crippen LogP contribution in [0.25, 0.3) is 21.5 Å². The first-order valence-electron chi connectivity index (χ1n) is 6.14. The standard InChI is InChI=1S/C17H17.2ClH.Zr/c1-10-5-14-9-15-6-11(2)13(4)8-17(15)16(14)7-12(10)3;;;/h5-9H,1-4H3;2*1H;/q-1;;;+3/p-2. The van der Waals surface area contributed by atoms with Crippen LogP contribution in [0.5, 0.6) is 0 Å². The minimum absolute atomic E-state index is 0. The maximum absolute atomic E-state index is 2.32. The summed E-state index contributed by atoms with van der Waals surface area (Å²) in [5.41, 5.74) is 5.51. The van der Waals surface area contributed by atoms with E-state index in [0.717, 1.165) is 0 Å². The molecule has 3 aromatic carbocycles. The van der Waals surface area contributed by atoms with Crippen LogP contribution in [0, 0.1) is 27.7 Å². The maximum Gasteiger partial charge on any atom is 3.00 e. The molecule has 0 fully saturated rings. The summed E-state index contributed by atoms with van der Waals surface area (Å²) < 4.78 is 0. The fraction of sp³-hybridized carbons (Fsp3) is 0.235. The van der Waals surface area contributed by atoms with Gasteiger partial charge in [-0.3, -0.25) is 0 Å². The molecule has 0 atom stereocenters. The van der Waals surface area contributed by atoms with Crippen LogP contribution in [0.4, 0.5) is 0 Å². The average molecular weight is 383 g/mol. The fourth-order valence-corrected chi connectivity index (χ4v) is 2.55. The predicted octanol–water partition coefficient (Wildman–Crippen LogP) is -1.05. The summed E-state index contributed by atoms with van der Waals surface area (Å²) >= 11 is 0. The molecule has 0 heterocycles. The molecule has 3 aromatic rings. The van der Waals surface area contributed by atoms with Gasteiger partial charge >= 0.3 is 26.2 Å². The normalized spacial score (nSPS) is 9.80. The zero-order valence-corrected chi connectivity index (χ0v) is 16.1. The minimum Gasteiger partial charge on any atom is -1.00 e. The van der Waals surface area contributed by atoms with Gasteiger partial charge in [0.15, 0.2) is 0 Å². The van der Waals surface area contributed by atoms with Gasteiger partial charge in [0.1, 0.15) is 0 Å². The summed E-state index contributed by atoms with van der Waals surface area (Å²) in [5.74, 6) is 0. The van der Waals surface area contributed by atoms with Crippen molar-refractivity contribution in [1.82, 2.24) is 0 Å². The molecule has 0 aliphatic carbocycles. The number of halogens is 2. The van der Waals surface area contributed by atoms with Gasteiger partial charge in [-0.25, -0.2) is 0 Å². The molecule has 3 rings (SSSR count). The van der Waals surface area contributed by atoms with E-state index >= 15 is 0 Å². The first kappa shape index (κ1) is 19.8. The summed E-state index contributed by atoms with van der Waals surface area (Å²) in [6.45, 7) is 8.75. The number of benzene rings is 2. The van der Waals surface area contributed by atoms with Crippen molar-refractivity contribution in [3.63, 3.8) is 0 Å². The van der Waals surface area contributed by atoms with Crippen molar-refractivity contribution in [3.8, 4) is 0 Å². The van der Waals surface area contributed by atoms with Gasteiger partial charge in [0.05, 0.1) is 0 Å². The van der Waals surface area contributed by atoms with E-state index in [1.165, 1.54) is 43.8 Å². The van der Waals surface area contributed by atoms with Gasteiger partial charge < -0.3 is 24.8 Å². The third-order valence-electron chi connectivity index (χ3n) is 3.93. The Bertz CT molecular complexity index is 679. The van der Waals surface area contributed by atoms with Crippen LogP contribution < -0.4 is 24.8 Å². The number of hydrogen-bond acceptors (Lipinski definition) is 0. The molecule has 3 heteroatoms. The van der Waals surface area contributed by atoms with Gasteiger partial charge in [-0.15, -0.1) is 39.7 Å². The first-order chi connectivity index (χ1) is 8.06. The van der Waals surface area contributed by atoms with Crippen molar-refractivity contribution in [3.05, 3.63) is 52.6 Å². The van der Waals surface area contributed by atoms with E-state index in [9.17, 15) is 0 Å². The van der Waals surface area contributed by atoms with E-state index in [4.69, 9.17) is 0 Å². The quantitative estimate of drug-likeness (QED) is 0.435. The van der Waals surface area contributed by atoms with Gasteiger partial charge in [0.2, 0.25) is 0 Å². The molecule has 0 aromatic heterocycles. The Balaban J connectivity index is 0.00000120. The van der Waals surface area contributed by atoms with Gasteiger partial charge in [0.25, 0.3) is 0 Å². The van der Waals surface area contributed by atoms with Gasteiger partial charge in [0, 0.05) is 0 Å². The SMILES string of the molecule is Cc1cc2[cH-]c3cc(C)c(C)cc3c2cc1C.[Cl-].[Cl-].[Zr+3]. The minimum atomic E-state index is 0. The summed E-state index contributed by atoms with van der Waals surface area (Å²) in [6.07, 6.45) is 0. The summed E-state index contributed by atoms with van der Waals surface area (Å²) in [5, 5.41) is 5.53. The van der Waals surface area contributed by atoms with Crippen LogP contribution in [0.15, 0.2) is 30.3 Å². The average Bonchev–Trinajstić information content (AvgIpc) is 2.58. The fourth-order valence-electron chi connectivity index (χ4n) is 2.55. The number of aryl methyl sites for hydroxylation is 4. The van der Waals surface area contributed by atoms with E-state index in [-0.39, 0.29) is 51.0 Å². The van der Waals surface area contributed by atoms with Gasteiger partial charge in [-0.1, -0.05) is 34.4 Å². The molecule has 0 unspecified atom stereocenters. The second-order valence-electron chi connectivity index (χ2n) is 5.19. The molecule has 0 bridgehead atoms. The predicted molar refractivity (Wildman–Crippen MR) is 76.0 cm³/mol. The molecule has 0 spiro atoms. The molecule has 0 aliphatic heterocycles. The molecular formula is C17H17Cl2Zr. The summed E-state index contributed by atoms with van der Waals surface area (Å²) in [7, 11) is 0. The number of rotatable bonds is 0. The molecule has 0 saturated heterocycles. The topological polar surface area (TPSA) is 0 Å². The van der Waals surface area contributed by atoms with Crippen molar-refractivity contribution < 1.29 is 51.0 Å². The Morgan fingerprint density at radius 2 is 0.900 bits per heavy atom. The van der Waals surface area contributed by atoms with E-state index in [1.54, 1.807) is 0 Å². The van der Waals surface area contributed by atoms with Gasteiger partial charge in [-0.05, 0) is 27.7 Å². The molecule has 20 heavy (non-hydrogen) atoms. The Hall–Kier alpha value is -0.227. The second kappa shape index (κ2) is 7.16. The van der Waals surface area contributed by atoms with E-state index in [2.05, 4.69) is 58.0 Å². The second-order valence-corrected chi connectivity index (χ2v) is 5.19. The zero-order chi connectivity index (χ0) is 12.2. The molecule has 1 radical (unpaired) electrons. The van der Waals surface area contributed by atoms with Crippen LogP contribution in [0.1, 0.15) is 22.3 Å². The Morgan fingerprint density at radius 3 is 1.25 bits per heavy atom. The Kier molecular flexibility index (Phi) is 7.08. The van der Waals surface area contributed by atoms with Gasteiger partial charge in [-0.2, -0.15) is 0 Å². The number of fused-ring (bicyclic) bond motifs is 3. The molecule has 0 aliphatic rings. The molecule has 0 saturated carbocycles. The van der Waals surface area contributed by atoms with Crippen LogP contribution >= 0.6 is 0 Å². The van der Waals surface area contributed by atoms with Crippen LogP contribution in [-0.2, 0) is 26.2 Å². The van der Waals surface area contributed by atoms with Crippen LogP contribution in [-0.4, -0.2) is 0 Å². The summed E-state index contributed by atoms with van der Waals surface area (Å²) in [4.78, 5) is 0. The smallest absolute Gasteiger partial charge is 1.00 e. The maximum atomic E-state index is 2.32. The van der Waals surface area contributed by atoms with Crippen molar-refractivity contribution >= 4 is 21.5 Å². The third kappa shape index (κ3) is 3.16. The zero-order valence-electron chi connectivity index (χ0n) is 12.1. The number of hydrogen-bond donors (Lipinski definition) is 0. The molecule has 0 nitrogen and oxygen atoms in total. The monoisotopic (exact) mass is 381 g/mol. The molecule has 103 valence electrons. The van der Waals surface area contributed by atoms with Crippen molar-refractivity contribution in [2.75, 3.05) is 0 Å². The first-order valence-corrected chi connectivity index (χ1v) is 6.14. The van der Waals surface area contributed by atoms with E-state index < -0.39 is 0 Å². The van der Waals surface area contributed by atoms with Crippen LogP contribution in [0.3, 0.4) is 0 Å². The molecule has 0 N–H and O–H groups in total.